The van der Waals surface area contributed by atoms with Crippen LogP contribution in [0.3, 0.4) is 0 Å². The molecule has 0 amide bonds. The normalized spacial score (nSPS) is 13.2. The summed E-state index contributed by atoms with van der Waals surface area (Å²) in [7, 11) is 0. The van der Waals surface area contributed by atoms with Gasteiger partial charge < -0.3 is 4.74 Å². The Kier molecular flexibility index (Phi) is 6.22. The van der Waals surface area contributed by atoms with Crippen molar-refractivity contribution in [1.82, 2.24) is 0 Å². The Balaban J connectivity index is 1.62. The Morgan fingerprint density at radius 3 is 1.49 bits per heavy atom. The molecule has 0 N–H and O–H groups in total. The largest absolute Gasteiger partial charge is 0.435 e. The van der Waals surface area contributed by atoms with E-state index in [0.717, 1.165) is 33.8 Å². The molecule has 0 aliphatic carbocycles. The summed E-state index contributed by atoms with van der Waals surface area (Å²) in [6.45, 7) is 2.61. The van der Waals surface area contributed by atoms with E-state index in [1.54, 1.807) is 0 Å². The van der Waals surface area contributed by atoms with Gasteiger partial charge in [-0.25, -0.2) is 0 Å². The third-order valence-electron chi connectivity index (χ3n) is 6.84. The highest BCUT2D eigenvalue weighted by molar-refractivity contribution is 6.01. The molecule has 0 atom stereocenters. The Morgan fingerprint density at radius 1 is 0.541 bits per heavy atom. The molecule has 0 fully saturated rings. The van der Waals surface area contributed by atoms with Gasteiger partial charge in [-0.1, -0.05) is 109 Å². The first-order chi connectivity index (χ1) is 18.3. The summed E-state index contributed by atoms with van der Waals surface area (Å²) in [5.41, 5.74) is 10.4. The molecule has 37 heavy (non-hydrogen) atoms. The predicted octanol–water partition coefficient (Wildman–Crippen LogP) is 8.82. The van der Waals surface area contributed by atoms with Crippen molar-refractivity contribution in [1.29, 1.82) is 0 Å². The van der Waals surface area contributed by atoms with E-state index in [4.69, 9.17) is 4.74 Å². The molecule has 6 rings (SSSR count). The van der Waals surface area contributed by atoms with Crippen molar-refractivity contribution in [3.63, 3.8) is 0 Å². The number of allylic oxidation sites excluding steroid dienone is 1. The minimum absolute atomic E-state index is 0.463. The lowest BCUT2D eigenvalue weighted by atomic mass is 9.86. The predicted molar refractivity (Wildman–Crippen MR) is 154 cm³/mol. The molecule has 5 aromatic carbocycles. The van der Waals surface area contributed by atoms with Gasteiger partial charge in [0.25, 0.3) is 6.73 Å². The zero-order valence-corrected chi connectivity index (χ0v) is 20.8. The van der Waals surface area contributed by atoms with Crippen molar-refractivity contribution in [3.05, 3.63) is 145 Å². The lowest BCUT2D eigenvalue weighted by Gasteiger charge is -2.22. The quantitative estimate of drug-likeness (QED) is 0.230. The first kappa shape index (κ1) is 22.8. The van der Waals surface area contributed by atoms with Gasteiger partial charge in [0.1, 0.15) is 5.76 Å². The van der Waals surface area contributed by atoms with Gasteiger partial charge in [0.05, 0.1) is 0 Å². The molecule has 0 aromatic heterocycles. The lowest BCUT2D eigenvalue weighted by Crippen LogP contribution is -2.21. The van der Waals surface area contributed by atoms with Gasteiger partial charge in [0.15, 0.2) is 5.71 Å². The second-order valence-electron chi connectivity index (χ2n) is 9.23. The zero-order chi connectivity index (χ0) is 25.0. The summed E-state index contributed by atoms with van der Waals surface area (Å²) in [5, 5.41) is 0. The summed E-state index contributed by atoms with van der Waals surface area (Å²) >= 11 is 0. The van der Waals surface area contributed by atoms with Gasteiger partial charge >= 0.3 is 0 Å². The van der Waals surface area contributed by atoms with Crippen LogP contribution < -0.4 is 0 Å². The van der Waals surface area contributed by atoms with E-state index in [-0.39, 0.29) is 0 Å². The fourth-order valence-electron chi connectivity index (χ4n) is 4.97. The highest BCUT2D eigenvalue weighted by Gasteiger charge is 2.26. The van der Waals surface area contributed by atoms with Gasteiger partial charge in [-0.05, 0) is 45.5 Å². The van der Waals surface area contributed by atoms with Gasteiger partial charge in [0.2, 0.25) is 5.69 Å². The number of para-hydroxylation sites is 1. The highest BCUT2D eigenvalue weighted by Crippen LogP contribution is 2.42. The summed E-state index contributed by atoms with van der Waals surface area (Å²) in [6, 6.07) is 46.8. The number of rotatable bonds is 5. The smallest absolute Gasteiger partial charge is 0.292 e. The van der Waals surface area contributed by atoms with Crippen molar-refractivity contribution >= 4 is 17.2 Å². The molecule has 1 aliphatic heterocycles. The first-order valence-corrected chi connectivity index (χ1v) is 12.6. The van der Waals surface area contributed by atoms with Crippen molar-refractivity contribution in [2.24, 2.45) is 0 Å². The van der Waals surface area contributed by atoms with E-state index >= 15 is 0 Å². The Morgan fingerprint density at radius 2 is 1.00 bits per heavy atom. The number of benzene rings is 5. The number of hydrogen-bond donors (Lipinski definition) is 0. The Hall–Kier alpha value is -4.69. The maximum Gasteiger partial charge on any atom is 0.292 e. The molecule has 1 aliphatic rings. The topological polar surface area (TPSA) is 12.2 Å². The SMILES string of the molecule is CC1=[N+](c2ccccc2)COC(c2c(-c3ccccc3)cc(-c3ccccc3)cc2-c2ccccc2)=C1. The van der Waals surface area contributed by atoms with Crippen LogP contribution in [0.15, 0.2) is 140 Å². The monoisotopic (exact) mass is 478 g/mol. The van der Waals surface area contributed by atoms with Crippen LogP contribution in [0.25, 0.3) is 39.1 Å². The fraction of sp³-hybridized carbons (Fsp3) is 0.0571. The molecule has 0 saturated carbocycles. The zero-order valence-electron chi connectivity index (χ0n) is 20.8. The van der Waals surface area contributed by atoms with Gasteiger partial charge in [-0.2, -0.15) is 4.58 Å². The molecule has 0 saturated heterocycles. The standard InChI is InChI=1S/C35H28NO/c1-26-22-34(37-25-36(26)31-20-12-5-13-21-31)35-32(28-16-8-3-9-17-28)23-30(27-14-6-2-7-15-27)24-33(35)29-18-10-4-11-19-29/h2-24H,25H2,1H3/q+1. The van der Waals surface area contributed by atoms with Crippen molar-refractivity contribution in [2.75, 3.05) is 6.73 Å². The third-order valence-corrected chi connectivity index (χ3v) is 6.84. The maximum atomic E-state index is 6.54. The van der Waals surface area contributed by atoms with Crippen LogP contribution in [0.4, 0.5) is 5.69 Å². The van der Waals surface area contributed by atoms with E-state index in [0.29, 0.717) is 6.73 Å². The highest BCUT2D eigenvalue weighted by atomic mass is 16.5. The molecule has 5 aromatic rings. The van der Waals surface area contributed by atoms with Gasteiger partial charge in [-0.15, -0.1) is 0 Å². The molecule has 2 heteroatoms. The van der Waals surface area contributed by atoms with Crippen molar-refractivity contribution < 1.29 is 9.31 Å². The molecular formula is C35H28NO+. The third kappa shape index (κ3) is 4.62. The number of hydrogen-bond acceptors (Lipinski definition) is 1. The fourth-order valence-corrected chi connectivity index (χ4v) is 4.97. The van der Waals surface area contributed by atoms with Crippen LogP contribution in [-0.2, 0) is 4.74 Å². The summed E-state index contributed by atoms with van der Waals surface area (Å²) in [6.07, 6.45) is 2.17. The minimum Gasteiger partial charge on any atom is -0.435 e. The maximum absolute atomic E-state index is 6.54. The average molecular weight is 479 g/mol. The number of nitrogens with zero attached hydrogens (tertiary/aromatic N) is 1. The van der Waals surface area contributed by atoms with Crippen LogP contribution >= 0.6 is 0 Å². The van der Waals surface area contributed by atoms with E-state index in [1.165, 1.54) is 22.3 Å². The minimum atomic E-state index is 0.463. The molecule has 0 bridgehead atoms. The van der Waals surface area contributed by atoms with E-state index in [9.17, 15) is 0 Å². The Labute approximate surface area is 218 Å². The van der Waals surface area contributed by atoms with Crippen LogP contribution in [0, 0.1) is 0 Å². The summed E-state index contributed by atoms with van der Waals surface area (Å²) < 4.78 is 8.74. The summed E-state index contributed by atoms with van der Waals surface area (Å²) in [5.74, 6) is 0.891. The second kappa shape index (κ2) is 10.1. The van der Waals surface area contributed by atoms with Gasteiger partial charge in [0, 0.05) is 30.7 Å². The number of ether oxygens (including phenoxy) is 1. The van der Waals surface area contributed by atoms with E-state index in [2.05, 4.69) is 145 Å². The first-order valence-electron chi connectivity index (χ1n) is 12.6. The molecule has 0 unspecified atom stereocenters. The Bertz CT molecular complexity index is 1520. The van der Waals surface area contributed by atoms with Gasteiger partial charge in [-0.3, -0.25) is 0 Å². The van der Waals surface area contributed by atoms with Crippen LogP contribution in [-0.4, -0.2) is 17.0 Å². The van der Waals surface area contributed by atoms with Crippen LogP contribution in [0.1, 0.15) is 12.5 Å². The van der Waals surface area contributed by atoms with E-state index in [1.807, 2.05) is 6.07 Å². The van der Waals surface area contributed by atoms with Crippen molar-refractivity contribution in [2.45, 2.75) is 6.92 Å². The molecule has 1 heterocycles. The summed E-state index contributed by atoms with van der Waals surface area (Å²) in [4.78, 5) is 0. The second-order valence-corrected chi connectivity index (χ2v) is 9.23. The molecular weight excluding hydrogens is 450 g/mol. The molecule has 2 nitrogen and oxygen atoms in total. The lowest BCUT2D eigenvalue weighted by molar-refractivity contribution is -0.484. The van der Waals surface area contributed by atoms with Crippen LogP contribution in [0.2, 0.25) is 0 Å². The molecule has 0 radical (unpaired) electrons. The van der Waals surface area contributed by atoms with Crippen LogP contribution in [0.5, 0.6) is 0 Å². The average Bonchev–Trinajstić information content (AvgIpc) is 2.98. The molecule has 0 spiro atoms. The van der Waals surface area contributed by atoms with E-state index < -0.39 is 0 Å². The van der Waals surface area contributed by atoms with Crippen molar-refractivity contribution in [3.8, 4) is 33.4 Å². The molecule has 178 valence electrons.